The molecular formula is C28H41NO2. The Morgan fingerprint density at radius 2 is 1.45 bits per heavy atom. The summed E-state index contributed by atoms with van der Waals surface area (Å²) >= 11 is 0. The van der Waals surface area contributed by atoms with E-state index < -0.39 is 0 Å². The van der Waals surface area contributed by atoms with Gasteiger partial charge in [0.1, 0.15) is 0 Å². The van der Waals surface area contributed by atoms with E-state index in [1.165, 1.54) is 25.7 Å². The SMILES string of the molecule is CC.CC(=O)c1ccccc1.CCC(C)C1CCCC(N(C)C(=O)c2ccccc2)C1. The molecule has 0 saturated heterocycles. The van der Waals surface area contributed by atoms with Gasteiger partial charge < -0.3 is 4.90 Å². The van der Waals surface area contributed by atoms with E-state index in [0.29, 0.717) is 6.04 Å². The molecule has 0 radical (unpaired) electrons. The Labute approximate surface area is 189 Å². The van der Waals surface area contributed by atoms with Gasteiger partial charge in [0.15, 0.2) is 5.78 Å². The monoisotopic (exact) mass is 423 g/mol. The number of Topliss-reactive ketones (excluding diaryl/α,β-unsaturated/α-hetero) is 1. The summed E-state index contributed by atoms with van der Waals surface area (Å²) in [5.74, 6) is 1.85. The number of benzene rings is 2. The van der Waals surface area contributed by atoms with E-state index in [-0.39, 0.29) is 11.7 Å². The first-order valence-electron chi connectivity index (χ1n) is 11.8. The van der Waals surface area contributed by atoms with Crippen LogP contribution in [0.3, 0.4) is 0 Å². The molecule has 1 amide bonds. The third kappa shape index (κ3) is 8.69. The van der Waals surface area contributed by atoms with Crippen LogP contribution in [-0.2, 0) is 0 Å². The van der Waals surface area contributed by atoms with E-state index in [1.807, 2.05) is 86.5 Å². The van der Waals surface area contributed by atoms with Crippen molar-refractivity contribution < 1.29 is 9.59 Å². The van der Waals surface area contributed by atoms with Crippen molar-refractivity contribution in [3.05, 3.63) is 71.8 Å². The molecule has 1 fully saturated rings. The first-order valence-corrected chi connectivity index (χ1v) is 11.8. The fourth-order valence-corrected chi connectivity index (χ4v) is 4.03. The maximum Gasteiger partial charge on any atom is 0.253 e. The third-order valence-corrected chi connectivity index (χ3v) is 6.20. The van der Waals surface area contributed by atoms with E-state index in [9.17, 15) is 9.59 Å². The molecule has 31 heavy (non-hydrogen) atoms. The molecule has 1 saturated carbocycles. The second-order valence-electron chi connectivity index (χ2n) is 8.17. The lowest BCUT2D eigenvalue weighted by Gasteiger charge is -2.37. The average molecular weight is 424 g/mol. The summed E-state index contributed by atoms with van der Waals surface area (Å²) < 4.78 is 0. The fraction of sp³-hybridized carbons (Fsp3) is 0.500. The number of ketones is 1. The minimum atomic E-state index is 0.121. The van der Waals surface area contributed by atoms with Gasteiger partial charge >= 0.3 is 0 Å². The highest BCUT2D eigenvalue weighted by atomic mass is 16.2. The summed E-state index contributed by atoms with van der Waals surface area (Å²) in [6.45, 7) is 10.2. The van der Waals surface area contributed by atoms with E-state index in [0.717, 1.165) is 29.4 Å². The van der Waals surface area contributed by atoms with Crippen LogP contribution in [0.25, 0.3) is 0 Å². The van der Waals surface area contributed by atoms with Crippen molar-refractivity contribution in [2.24, 2.45) is 11.8 Å². The lowest BCUT2D eigenvalue weighted by molar-refractivity contribution is 0.0639. The zero-order valence-electron chi connectivity index (χ0n) is 20.3. The third-order valence-electron chi connectivity index (χ3n) is 6.20. The molecule has 1 aliphatic rings. The van der Waals surface area contributed by atoms with Crippen molar-refractivity contribution in [1.29, 1.82) is 0 Å². The Balaban J connectivity index is 0.000000365. The van der Waals surface area contributed by atoms with Gasteiger partial charge in [-0.2, -0.15) is 0 Å². The van der Waals surface area contributed by atoms with Crippen molar-refractivity contribution in [3.63, 3.8) is 0 Å². The van der Waals surface area contributed by atoms with Crippen molar-refractivity contribution in [1.82, 2.24) is 4.90 Å². The van der Waals surface area contributed by atoms with Crippen LogP contribution in [0.2, 0.25) is 0 Å². The van der Waals surface area contributed by atoms with Crippen LogP contribution in [0.15, 0.2) is 60.7 Å². The Morgan fingerprint density at radius 3 is 1.90 bits per heavy atom. The summed E-state index contributed by atoms with van der Waals surface area (Å²) in [6.07, 6.45) is 6.16. The van der Waals surface area contributed by atoms with Crippen molar-refractivity contribution in [2.75, 3.05) is 7.05 Å². The van der Waals surface area contributed by atoms with Crippen molar-refractivity contribution in [2.45, 2.75) is 72.8 Å². The minimum absolute atomic E-state index is 0.121. The van der Waals surface area contributed by atoms with Gasteiger partial charge in [0.2, 0.25) is 0 Å². The normalized spacial score (nSPS) is 18.4. The van der Waals surface area contributed by atoms with Gasteiger partial charge in [0.25, 0.3) is 5.91 Å². The van der Waals surface area contributed by atoms with Gasteiger partial charge in [-0.05, 0) is 43.7 Å². The molecule has 2 aromatic rings. The quantitative estimate of drug-likeness (QED) is 0.474. The Morgan fingerprint density at radius 1 is 0.935 bits per heavy atom. The summed E-state index contributed by atoms with van der Waals surface area (Å²) in [7, 11) is 1.97. The predicted molar refractivity (Wildman–Crippen MR) is 132 cm³/mol. The molecule has 1 aliphatic carbocycles. The van der Waals surface area contributed by atoms with Crippen molar-refractivity contribution in [3.8, 4) is 0 Å². The van der Waals surface area contributed by atoms with Crippen LogP contribution >= 0.6 is 0 Å². The van der Waals surface area contributed by atoms with Crippen LogP contribution in [0, 0.1) is 11.8 Å². The highest BCUT2D eigenvalue weighted by Crippen LogP contribution is 2.33. The van der Waals surface area contributed by atoms with Gasteiger partial charge in [-0.25, -0.2) is 0 Å². The number of amides is 1. The number of rotatable bonds is 5. The van der Waals surface area contributed by atoms with Gasteiger partial charge in [0, 0.05) is 24.2 Å². The van der Waals surface area contributed by atoms with Crippen LogP contribution in [0.4, 0.5) is 0 Å². The Hall–Kier alpha value is -2.42. The zero-order chi connectivity index (χ0) is 23.2. The van der Waals surface area contributed by atoms with Gasteiger partial charge in [-0.3, -0.25) is 9.59 Å². The summed E-state index contributed by atoms with van der Waals surface area (Å²) in [5, 5.41) is 0. The molecule has 0 N–H and O–H groups in total. The number of nitrogens with zero attached hydrogens (tertiary/aromatic N) is 1. The fourth-order valence-electron chi connectivity index (χ4n) is 4.03. The topological polar surface area (TPSA) is 37.4 Å². The average Bonchev–Trinajstić information content (AvgIpc) is 2.85. The molecule has 3 unspecified atom stereocenters. The molecule has 0 aromatic heterocycles. The number of hydrogen-bond donors (Lipinski definition) is 0. The largest absolute Gasteiger partial charge is 0.339 e. The molecule has 0 aliphatic heterocycles. The van der Waals surface area contributed by atoms with Gasteiger partial charge in [0.05, 0.1) is 0 Å². The Kier molecular flexibility index (Phi) is 12.5. The lowest BCUT2D eigenvalue weighted by Crippen LogP contribution is -2.41. The maximum absolute atomic E-state index is 12.5. The summed E-state index contributed by atoms with van der Waals surface area (Å²) in [6, 6.07) is 19.3. The molecule has 3 nitrogen and oxygen atoms in total. The van der Waals surface area contributed by atoms with E-state index in [1.54, 1.807) is 6.92 Å². The number of carbonyl (C=O) groups excluding carboxylic acids is 2. The second kappa shape index (κ2) is 14.6. The van der Waals surface area contributed by atoms with Gasteiger partial charge in [-0.15, -0.1) is 0 Å². The van der Waals surface area contributed by atoms with Crippen LogP contribution in [0.5, 0.6) is 0 Å². The smallest absolute Gasteiger partial charge is 0.253 e. The summed E-state index contributed by atoms with van der Waals surface area (Å²) in [5.41, 5.74) is 1.58. The van der Waals surface area contributed by atoms with E-state index >= 15 is 0 Å². The second-order valence-corrected chi connectivity index (χ2v) is 8.17. The molecule has 0 spiro atoms. The molecule has 0 bridgehead atoms. The van der Waals surface area contributed by atoms with Crippen LogP contribution in [0.1, 0.15) is 87.4 Å². The summed E-state index contributed by atoms with van der Waals surface area (Å²) in [4.78, 5) is 25.1. The predicted octanol–water partition coefficient (Wildman–Crippen LogP) is 7.28. The molecule has 3 heteroatoms. The highest BCUT2D eigenvalue weighted by molar-refractivity contribution is 5.94. The standard InChI is InChI=1S/C18H27NO.C8H8O.C2H6/c1-4-14(2)16-11-8-12-17(13-16)19(3)18(20)15-9-6-5-7-10-15;1-7(9)8-5-3-2-4-6-8;1-2/h5-7,9-10,14,16-17H,4,8,11-13H2,1-3H3;2-6H,1H3;1-2H3. The molecule has 2 aromatic carbocycles. The minimum Gasteiger partial charge on any atom is -0.339 e. The number of hydrogen-bond acceptors (Lipinski definition) is 2. The van der Waals surface area contributed by atoms with Crippen molar-refractivity contribution >= 4 is 11.7 Å². The van der Waals surface area contributed by atoms with Crippen LogP contribution < -0.4 is 0 Å². The molecular weight excluding hydrogens is 382 g/mol. The van der Waals surface area contributed by atoms with E-state index in [4.69, 9.17) is 0 Å². The first kappa shape index (κ1) is 26.6. The first-order chi connectivity index (χ1) is 14.9. The lowest BCUT2D eigenvalue weighted by atomic mass is 9.77. The van der Waals surface area contributed by atoms with Crippen LogP contribution in [-0.4, -0.2) is 29.7 Å². The van der Waals surface area contributed by atoms with E-state index in [2.05, 4.69) is 13.8 Å². The Bertz CT molecular complexity index is 757. The van der Waals surface area contributed by atoms with Gasteiger partial charge in [-0.1, -0.05) is 95.5 Å². The highest BCUT2D eigenvalue weighted by Gasteiger charge is 2.29. The number of carbonyl (C=O) groups is 2. The molecule has 3 rings (SSSR count). The maximum atomic E-state index is 12.5. The molecule has 0 heterocycles. The molecule has 170 valence electrons. The zero-order valence-corrected chi connectivity index (χ0v) is 20.3. The molecule has 3 atom stereocenters.